The van der Waals surface area contributed by atoms with Gasteiger partial charge < -0.3 is 14.0 Å². The normalized spacial score (nSPS) is 10.2. The molecule has 0 saturated carbocycles. The van der Waals surface area contributed by atoms with Gasteiger partial charge in [0.25, 0.3) is 0 Å². The van der Waals surface area contributed by atoms with Crippen LogP contribution < -0.4 is 5.43 Å². The van der Waals surface area contributed by atoms with Gasteiger partial charge in [0.2, 0.25) is 5.43 Å². The zero-order chi connectivity index (χ0) is 15.3. The molecule has 20 heavy (non-hydrogen) atoms. The number of aryl methyl sites for hydroxylation is 1. The first-order valence-corrected chi connectivity index (χ1v) is 6.62. The van der Waals surface area contributed by atoms with E-state index in [0.717, 1.165) is 0 Å². The minimum absolute atomic E-state index is 0.0611. The topological polar surface area (TPSA) is 74.6 Å². The lowest BCUT2D eigenvalue weighted by Crippen LogP contribution is -2.26. The second kappa shape index (κ2) is 7.09. The van der Waals surface area contributed by atoms with Crippen LogP contribution >= 0.6 is 11.6 Å². The SMILES string of the molecule is CCOC(=O)c1cn(CC)c(C(=O)OCC)c(Cl)c1=O. The van der Waals surface area contributed by atoms with E-state index in [9.17, 15) is 14.4 Å². The van der Waals surface area contributed by atoms with Crippen LogP contribution in [-0.2, 0) is 16.0 Å². The van der Waals surface area contributed by atoms with Crippen molar-refractivity contribution >= 4 is 23.5 Å². The smallest absolute Gasteiger partial charge is 0.356 e. The molecule has 0 spiro atoms. The molecule has 0 atom stereocenters. The highest BCUT2D eigenvalue weighted by atomic mass is 35.5. The van der Waals surface area contributed by atoms with Gasteiger partial charge in [-0.05, 0) is 20.8 Å². The van der Waals surface area contributed by atoms with Crippen LogP contribution in [-0.4, -0.2) is 29.7 Å². The molecule has 0 N–H and O–H groups in total. The molecule has 0 aliphatic carbocycles. The zero-order valence-corrected chi connectivity index (χ0v) is 12.3. The number of nitrogens with zero attached hydrogens (tertiary/aromatic N) is 1. The first-order valence-electron chi connectivity index (χ1n) is 6.24. The number of carbonyl (C=O) groups excluding carboxylic acids is 2. The molecule has 1 heterocycles. The third-order valence-corrected chi connectivity index (χ3v) is 2.88. The molecule has 0 aliphatic rings. The molecule has 0 radical (unpaired) electrons. The van der Waals surface area contributed by atoms with E-state index in [2.05, 4.69) is 0 Å². The van der Waals surface area contributed by atoms with Gasteiger partial charge in [-0.15, -0.1) is 0 Å². The van der Waals surface area contributed by atoms with Crippen LogP contribution in [0.2, 0.25) is 5.02 Å². The Labute approximate surface area is 121 Å². The summed E-state index contributed by atoms with van der Waals surface area (Å²) in [5, 5.41) is -0.337. The van der Waals surface area contributed by atoms with Crippen molar-refractivity contribution in [2.45, 2.75) is 27.3 Å². The van der Waals surface area contributed by atoms with Gasteiger partial charge in [0.05, 0.1) is 13.2 Å². The van der Waals surface area contributed by atoms with Crippen LogP contribution in [0, 0.1) is 0 Å². The average molecular weight is 302 g/mol. The third kappa shape index (κ3) is 3.19. The number of hydrogen-bond acceptors (Lipinski definition) is 5. The molecule has 6 nitrogen and oxygen atoms in total. The highest BCUT2D eigenvalue weighted by Crippen LogP contribution is 2.15. The van der Waals surface area contributed by atoms with Crippen molar-refractivity contribution < 1.29 is 19.1 Å². The van der Waals surface area contributed by atoms with E-state index in [1.165, 1.54) is 10.8 Å². The van der Waals surface area contributed by atoms with Crippen LogP contribution in [0.3, 0.4) is 0 Å². The van der Waals surface area contributed by atoms with Crippen molar-refractivity contribution in [1.29, 1.82) is 0 Å². The van der Waals surface area contributed by atoms with Crippen molar-refractivity contribution in [3.8, 4) is 0 Å². The number of aromatic nitrogens is 1. The lowest BCUT2D eigenvalue weighted by atomic mass is 10.2. The number of hydrogen-bond donors (Lipinski definition) is 0. The summed E-state index contributed by atoms with van der Waals surface area (Å²) >= 11 is 5.92. The second-order valence-corrected chi connectivity index (χ2v) is 4.14. The molecule has 110 valence electrons. The van der Waals surface area contributed by atoms with Crippen molar-refractivity contribution in [1.82, 2.24) is 4.57 Å². The lowest BCUT2D eigenvalue weighted by molar-refractivity contribution is 0.0498. The summed E-state index contributed by atoms with van der Waals surface area (Å²) in [6.45, 7) is 5.67. The Morgan fingerprint density at radius 2 is 1.70 bits per heavy atom. The Kier molecular flexibility index (Phi) is 5.76. The number of esters is 2. The quantitative estimate of drug-likeness (QED) is 0.776. The van der Waals surface area contributed by atoms with E-state index in [0.29, 0.717) is 6.54 Å². The second-order valence-electron chi connectivity index (χ2n) is 3.76. The van der Waals surface area contributed by atoms with Gasteiger partial charge in [-0.25, -0.2) is 9.59 Å². The summed E-state index contributed by atoms with van der Waals surface area (Å²) in [7, 11) is 0. The van der Waals surface area contributed by atoms with Gasteiger partial charge >= 0.3 is 11.9 Å². The van der Waals surface area contributed by atoms with Crippen LogP contribution in [0.5, 0.6) is 0 Å². The number of rotatable bonds is 5. The minimum Gasteiger partial charge on any atom is -0.462 e. The Morgan fingerprint density at radius 1 is 1.15 bits per heavy atom. The van der Waals surface area contributed by atoms with Gasteiger partial charge in [-0.3, -0.25) is 4.79 Å². The van der Waals surface area contributed by atoms with E-state index < -0.39 is 17.4 Å². The van der Waals surface area contributed by atoms with Crippen molar-refractivity contribution in [3.63, 3.8) is 0 Å². The molecular formula is C13H16ClNO5. The fraction of sp³-hybridized carbons (Fsp3) is 0.462. The molecule has 0 unspecified atom stereocenters. The maximum atomic E-state index is 12.0. The van der Waals surface area contributed by atoms with Crippen molar-refractivity contribution in [2.75, 3.05) is 13.2 Å². The molecule has 0 aromatic carbocycles. The fourth-order valence-corrected chi connectivity index (χ4v) is 1.93. The summed E-state index contributed by atoms with van der Waals surface area (Å²) in [6.07, 6.45) is 1.26. The first-order chi connectivity index (χ1) is 9.47. The summed E-state index contributed by atoms with van der Waals surface area (Å²) < 4.78 is 11.0. The monoisotopic (exact) mass is 301 g/mol. The molecule has 0 amide bonds. The first kappa shape index (κ1) is 16.2. The standard InChI is InChI=1S/C13H16ClNO5/c1-4-15-7-8(12(17)19-5-2)11(16)9(14)10(15)13(18)20-6-3/h7H,4-6H2,1-3H3. The molecule has 1 aromatic heterocycles. The zero-order valence-electron chi connectivity index (χ0n) is 11.6. The number of carbonyl (C=O) groups is 2. The van der Waals surface area contributed by atoms with Crippen LogP contribution in [0.4, 0.5) is 0 Å². The summed E-state index contributed by atoms with van der Waals surface area (Å²) in [5.74, 6) is -1.47. The van der Waals surface area contributed by atoms with Crippen LogP contribution in [0.15, 0.2) is 11.0 Å². The maximum absolute atomic E-state index is 12.0. The van der Waals surface area contributed by atoms with Crippen LogP contribution in [0.25, 0.3) is 0 Å². The minimum atomic E-state index is -0.767. The molecule has 0 bridgehead atoms. The van der Waals surface area contributed by atoms with Gasteiger partial charge in [0.15, 0.2) is 0 Å². The summed E-state index contributed by atoms with van der Waals surface area (Å²) in [6, 6.07) is 0. The third-order valence-electron chi connectivity index (χ3n) is 2.53. The Bertz CT molecular complexity index is 579. The van der Waals surface area contributed by atoms with Crippen molar-refractivity contribution in [2.24, 2.45) is 0 Å². The number of ether oxygens (including phenoxy) is 2. The Balaban J connectivity index is 3.44. The molecule has 1 aromatic rings. The predicted octanol–water partition coefficient (Wildman–Crippen LogP) is 1.88. The van der Waals surface area contributed by atoms with E-state index >= 15 is 0 Å². The molecule has 0 fully saturated rings. The molecule has 0 aliphatic heterocycles. The van der Waals surface area contributed by atoms with Gasteiger partial charge in [-0.2, -0.15) is 0 Å². The summed E-state index contributed by atoms with van der Waals surface area (Å²) in [4.78, 5) is 35.5. The lowest BCUT2D eigenvalue weighted by Gasteiger charge is -2.13. The number of pyridine rings is 1. The Hall–Kier alpha value is -1.82. The van der Waals surface area contributed by atoms with Crippen LogP contribution in [0.1, 0.15) is 41.6 Å². The highest BCUT2D eigenvalue weighted by Gasteiger charge is 2.23. The molecular weight excluding hydrogens is 286 g/mol. The molecule has 0 saturated heterocycles. The fourth-order valence-electron chi connectivity index (χ4n) is 1.64. The summed E-state index contributed by atoms with van der Waals surface area (Å²) in [5.41, 5.74) is -1.00. The maximum Gasteiger partial charge on any atom is 0.356 e. The van der Waals surface area contributed by atoms with E-state index in [4.69, 9.17) is 21.1 Å². The largest absolute Gasteiger partial charge is 0.462 e. The van der Waals surface area contributed by atoms with Crippen molar-refractivity contribution in [3.05, 3.63) is 32.7 Å². The molecule has 1 rings (SSSR count). The Morgan fingerprint density at radius 3 is 2.20 bits per heavy atom. The van der Waals surface area contributed by atoms with E-state index in [-0.39, 0.29) is 29.5 Å². The van der Waals surface area contributed by atoms with E-state index in [1.807, 2.05) is 0 Å². The number of halogens is 1. The average Bonchev–Trinajstić information content (AvgIpc) is 2.41. The molecule has 7 heteroatoms. The van der Waals surface area contributed by atoms with Gasteiger partial charge in [-0.1, -0.05) is 11.6 Å². The van der Waals surface area contributed by atoms with Gasteiger partial charge in [0, 0.05) is 12.7 Å². The van der Waals surface area contributed by atoms with Gasteiger partial charge in [0.1, 0.15) is 16.3 Å². The van der Waals surface area contributed by atoms with E-state index in [1.54, 1.807) is 20.8 Å². The highest BCUT2D eigenvalue weighted by molar-refractivity contribution is 6.33. The predicted molar refractivity (Wildman–Crippen MR) is 73.3 cm³/mol.